The number of imidazole rings is 1. The molecular weight excluding hydrogens is 352 g/mol. The van der Waals surface area contributed by atoms with Gasteiger partial charge in [-0.15, -0.1) is 0 Å². The third kappa shape index (κ3) is 4.58. The molecule has 4 rings (SSSR count). The fraction of sp³-hybridized carbons (Fsp3) is 0.773. The molecule has 1 aliphatic carbocycles. The molecule has 28 heavy (non-hydrogen) atoms. The van der Waals surface area contributed by atoms with Crippen LogP contribution in [0.4, 0.5) is 0 Å². The molecule has 1 saturated carbocycles. The van der Waals surface area contributed by atoms with E-state index in [1.165, 1.54) is 19.3 Å². The molecule has 0 aromatic carbocycles. The van der Waals surface area contributed by atoms with E-state index in [2.05, 4.69) is 15.7 Å². The largest absolute Gasteiger partial charge is 0.342 e. The summed E-state index contributed by atoms with van der Waals surface area (Å²) in [5.74, 6) is 2.72. The lowest BCUT2D eigenvalue weighted by Gasteiger charge is -2.34. The van der Waals surface area contributed by atoms with Gasteiger partial charge in [-0.1, -0.05) is 12.8 Å². The van der Waals surface area contributed by atoms with Crippen molar-refractivity contribution in [1.82, 2.24) is 19.4 Å². The minimum Gasteiger partial charge on any atom is -0.342 e. The second-order valence-corrected chi connectivity index (χ2v) is 8.86. The van der Waals surface area contributed by atoms with E-state index in [1.54, 1.807) is 0 Å². The van der Waals surface area contributed by atoms with Crippen LogP contribution in [0.1, 0.15) is 76.0 Å². The van der Waals surface area contributed by atoms with E-state index < -0.39 is 0 Å². The summed E-state index contributed by atoms with van der Waals surface area (Å²) < 4.78 is 2.33. The van der Waals surface area contributed by atoms with E-state index in [4.69, 9.17) is 0 Å². The molecule has 6 nitrogen and oxygen atoms in total. The molecule has 3 fully saturated rings. The highest BCUT2D eigenvalue weighted by molar-refractivity contribution is 5.79. The second kappa shape index (κ2) is 9.10. The van der Waals surface area contributed by atoms with Crippen molar-refractivity contribution < 1.29 is 9.59 Å². The number of hydrogen-bond donors (Lipinski definition) is 0. The van der Waals surface area contributed by atoms with Gasteiger partial charge < -0.3 is 14.4 Å². The first-order valence-corrected chi connectivity index (χ1v) is 11.3. The fourth-order valence-electron chi connectivity index (χ4n) is 4.87. The van der Waals surface area contributed by atoms with Gasteiger partial charge in [-0.05, 0) is 44.4 Å². The number of rotatable bonds is 6. The van der Waals surface area contributed by atoms with Crippen LogP contribution in [0.5, 0.6) is 0 Å². The molecule has 2 aliphatic heterocycles. The SMILES string of the molecule is O=C1CCCCCN1CCC(=O)N1CCC[C@@H](c2nccn2CC2CCC2)C1. The summed E-state index contributed by atoms with van der Waals surface area (Å²) in [5.41, 5.74) is 0. The Morgan fingerprint density at radius 2 is 1.96 bits per heavy atom. The zero-order chi connectivity index (χ0) is 19.3. The third-order valence-electron chi connectivity index (χ3n) is 6.83. The highest BCUT2D eigenvalue weighted by atomic mass is 16.2. The van der Waals surface area contributed by atoms with Crippen LogP contribution >= 0.6 is 0 Å². The van der Waals surface area contributed by atoms with Crippen molar-refractivity contribution in [3.8, 4) is 0 Å². The van der Waals surface area contributed by atoms with Crippen molar-refractivity contribution in [1.29, 1.82) is 0 Å². The molecule has 0 spiro atoms. The molecule has 1 aromatic rings. The number of amides is 2. The van der Waals surface area contributed by atoms with Crippen molar-refractivity contribution in [2.45, 2.75) is 76.7 Å². The first kappa shape index (κ1) is 19.5. The zero-order valence-electron chi connectivity index (χ0n) is 17.0. The molecule has 1 aromatic heterocycles. The lowest BCUT2D eigenvalue weighted by Crippen LogP contribution is -2.42. The lowest BCUT2D eigenvalue weighted by atomic mass is 9.85. The molecular formula is C22H34N4O2. The van der Waals surface area contributed by atoms with Gasteiger partial charge in [0.05, 0.1) is 0 Å². The smallest absolute Gasteiger partial charge is 0.224 e. The topological polar surface area (TPSA) is 58.4 Å². The second-order valence-electron chi connectivity index (χ2n) is 8.86. The summed E-state index contributed by atoms with van der Waals surface area (Å²) in [5, 5.41) is 0. The molecule has 154 valence electrons. The summed E-state index contributed by atoms with van der Waals surface area (Å²) in [4.78, 5) is 33.6. The van der Waals surface area contributed by atoms with E-state index in [1.807, 2.05) is 16.0 Å². The van der Waals surface area contributed by atoms with Crippen molar-refractivity contribution in [2.75, 3.05) is 26.2 Å². The fourth-order valence-corrected chi connectivity index (χ4v) is 4.87. The average molecular weight is 387 g/mol. The summed E-state index contributed by atoms with van der Waals surface area (Å²) in [6.07, 6.45) is 14.5. The van der Waals surface area contributed by atoms with Crippen LogP contribution in [0.25, 0.3) is 0 Å². The maximum atomic E-state index is 12.8. The van der Waals surface area contributed by atoms with E-state index in [9.17, 15) is 9.59 Å². The van der Waals surface area contributed by atoms with Crippen LogP contribution in [0.2, 0.25) is 0 Å². The summed E-state index contributed by atoms with van der Waals surface area (Å²) in [7, 11) is 0. The monoisotopic (exact) mass is 386 g/mol. The molecule has 1 atom stereocenters. The van der Waals surface area contributed by atoms with Gasteiger partial charge in [0.15, 0.2) is 0 Å². The molecule has 0 N–H and O–H groups in total. The van der Waals surface area contributed by atoms with Crippen LogP contribution in [-0.2, 0) is 16.1 Å². The Kier molecular flexibility index (Phi) is 6.33. The van der Waals surface area contributed by atoms with Crippen LogP contribution in [0.3, 0.4) is 0 Å². The van der Waals surface area contributed by atoms with Gasteiger partial charge in [0, 0.05) is 63.9 Å². The Bertz CT molecular complexity index is 682. The first-order chi connectivity index (χ1) is 13.7. The van der Waals surface area contributed by atoms with Gasteiger partial charge in [0.2, 0.25) is 11.8 Å². The Labute approximate surface area is 168 Å². The maximum Gasteiger partial charge on any atom is 0.224 e. The van der Waals surface area contributed by atoms with E-state index in [0.29, 0.717) is 25.3 Å². The highest BCUT2D eigenvalue weighted by Crippen LogP contribution is 2.31. The standard InChI is InChI=1S/C22H34N4O2/c27-20-9-2-1-3-12-24(20)14-10-21(28)25-13-5-8-19(17-25)22-23-11-15-26(22)16-18-6-4-7-18/h11,15,18-19H,1-10,12-14,16-17H2/t19-/m1/s1. The first-order valence-electron chi connectivity index (χ1n) is 11.3. The highest BCUT2D eigenvalue weighted by Gasteiger charge is 2.29. The normalized spacial score (nSPS) is 24.1. The molecule has 6 heteroatoms. The number of piperidine rings is 1. The quantitative estimate of drug-likeness (QED) is 0.754. The number of aromatic nitrogens is 2. The molecule has 2 amide bonds. The Balaban J connectivity index is 1.31. The van der Waals surface area contributed by atoms with E-state index >= 15 is 0 Å². The predicted molar refractivity (Wildman–Crippen MR) is 108 cm³/mol. The zero-order valence-corrected chi connectivity index (χ0v) is 17.0. The maximum absolute atomic E-state index is 12.8. The van der Waals surface area contributed by atoms with Crippen LogP contribution in [0.15, 0.2) is 12.4 Å². The number of carbonyl (C=O) groups excluding carboxylic acids is 2. The van der Waals surface area contributed by atoms with Gasteiger partial charge in [-0.3, -0.25) is 9.59 Å². The van der Waals surface area contributed by atoms with Crippen molar-refractivity contribution in [2.24, 2.45) is 5.92 Å². The van der Waals surface area contributed by atoms with Crippen LogP contribution in [-0.4, -0.2) is 57.3 Å². The number of nitrogens with zero attached hydrogens (tertiary/aromatic N) is 4. The van der Waals surface area contributed by atoms with Crippen LogP contribution in [0, 0.1) is 5.92 Å². The van der Waals surface area contributed by atoms with Crippen LogP contribution < -0.4 is 0 Å². The third-order valence-corrected chi connectivity index (χ3v) is 6.83. The Morgan fingerprint density at radius 1 is 1.07 bits per heavy atom. The summed E-state index contributed by atoms with van der Waals surface area (Å²) in [6.45, 7) is 4.08. The molecule has 0 bridgehead atoms. The van der Waals surface area contributed by atoms with Crippen molar-refractivity contribution in [3.63, 3.8) is 0 Å². The minimum absolute atomic E-state index is 0.193. The van der Waals surface area contributed by atoms with Crippen molar-refractivity contribution in [3.05, 3.63) is 18.2 Å². The average Bonchev–Trinajstić information content (AvgIpc) is 3.05. The number of hydrogen-bond acceptors (Lipinski definition) is 3. The van der Waals surface area contributed by atoms with Gasteiger partial charge in [0.1, 0.15) is 5.82 Å². The Hall–Kier alpha value is -1.85. The Morgan fingerprint density at radius 3 is 2.79 bits per heavy atom. The van der Waals surface area contributed by atoms with Crippen molar-refractivity contribution >= 4 is 11.8 Å². The lowest BCUT2D eigenvalue weighted by molar-refractivity contribution is -0.135. The molecule has 2 saturated heterocycles. The molecule has 3 aliphatic rings. The predicted octanol–water partition coefficient (Wildman–Crippen LogP) is 3.18. The number of likely N-dealkylation sites (tertiary alicyclic amines) is 2. The van der Waals surface area contributed by atoms with Gasteiger partial charge in [0.25, 0.3) is 0 Å². The van der Waals surface area contributed by atoms with Gasteiger partial charge >= 0.3 is 0 Å². The van der Waals surface area contributed by atoms with Gasteiger partial charge in [-0.25, -0.2) is 4.98 Å². The minimum atomic E-state index is 0.193. The van der Waals surface area contributed by atoms with E-state index in [-0.39, 0.29) is 11.8 Å². The van der Waals surface area contributed by atoms with Gasteiger partial charge in [-0.2, -0.15) is 0 Å². The molecule has 3 heterocycles. The summed E-state index contributed by atoms with van der Waals surface area (Å²) >= 11 is 0. The number of carbonyl (C=O) groups is 2. The summed E-state index contributed by atoms with van der Waals surface area (Å²) in [6, 6.07) is 0. The molecule has 0 unspecified atom stereocenters. The van der Waals surface area contributed by atoms with E-state index in [0.717, 1.165) is 70.0 Å². The molecule has 0 radical (unpaired) electrons.